The Kier molecular flexibility index (Phi) is 9.05. The zero-order valence-corrected chi connectivity index (χ0v) is 19.6. The first-order chi connectivity index (χ1) is 15.8. The molecule has 3 atom stereocenters. The van der Waals surface area contributed by atoms with Gasteiger partial charge in [0.1, 0.15) is 18.3 Å². The van der Waals surface area contributed by atoms with Crippen LogP contribution in [0.1, 0.15) is 59.1 Å². The van der Waals surface area contributed by atoms with Gasteiger partial charge in [-0.15, -0.1) is 0 Å². The van der Waals surface area contributed by atoms with E-state index in [1.807, 2.05) is 6.92 Å². The molecular formula is C21H31F3N6O4. The van der Waals surface area contributed by atoms with Gasteiger partial charge < -0.3 is 15.4 Å². The molecule has 34 heavy (non-hydrogen) atoms. The molecule has 1 aromatic rings. The van der Waals surface area contributed by atoms with Gasteiger partial charge in [0.05, 0.1) is 6.54 Å². The number of alkyl halides is 3. The minimum atomic E-state index is -4.59. The predicted molar refractivity (Wildman–Crippen MR) is 117 cm³/mol. The van der Waals surface area contributed by atoms with Gasteiger partial charge in [-0.3, -0.25) is 19.7 Å². The first-order valence-corrected chi connectivity index (χ1v) is 11.0. The average molecular weight is 489 g/mol. The molecule has 190 valence electrons. The van der Waals surface area contributed by atoms with E-state index in [4.69, 9.17) is 4.74 Å². The van der Waals surface area contributed by atoms with Crippen LogP contribution in [0, 0.1) is 5.41 Å². The van der Waals surface area contributed by atoms with Crippen molar-refractivity contribution in [3.05, 3.63) is 18.0 Å². The zero-order valence-electron chi connectivity index (χ0n) is 19.6. The van der Waals surface area contributed by atoms with Crippen molar-refractivity contribution >= 4 is 24.0 Å². The lowest BCUT2D eigenvalue weighted by atomic mass is 9.89. The lowest BCUT2D eigenvalue weighted by Crippen LogP contribution is -2.52. The average Bonchev–Trinajstić information content (AvgIpc) is 3.41. The molecule has 2 rings (SSSR count). The second-order valence-electron chi connectivity index (χ2n) is 9.09. The lowest BCUT2D eigenvalue weighted by Gasteiger charge is -2.31. The predicted octanol–water partition coefficient (Wildman–Crippen LogP) is 2.59. The van der Waals surface area contributed by atoms with Gasteiger partial charge in [0.25, 0.3) is 5.91 Å². The van der Waals surface area contributed by atoms with Crippen LogP contribution in [-0.2, 0) is 27.0 Å². The van der Waals surface area contributed by atoms with Crippen molar-refractivity contribution in [3.63, 3.8) is 0 Å². The summed E-state index contributed by atoms with van der Waals surface area (Å²) in [4.78, 5) is 37.7. The molecule has 2 heterocycles. The number of alkyl carbamates (subject to hydrolysis) is 1. The van der Waals surface area contributed by atoms with Gasteiger partial charge >= 0.3 is 12.3 Å². The third-order valence-corrected chi connectivity index (χ3v) is 5.15. The third kappa shape index (κ3) is 8.03. The Bertz CT molecular complexity index is 886. The van der Waals surface area contributed by atoms with Crippen LogP contribution < -0.4 is 16.1 Å². The van der Waals surface area contributed by atoms with Gasteiger partial charge in [-0.05, 0) is 12.5 Å². The van der Waals surface area contributed by atoms with E-state index in [0.717, 1.165) is 23.4 Å². The van der Waals surface area contributed by atoms with Crippen molar-refractivity contribution in [3.8, 4) is 0 Å². The normalized spacial score (nSPS) is 17.6. The maximum Gasteiger partial charge on any atom is 0.435 e. The molecule has 1 aliphatic heterocycles. The minimum Gasteiger partial charge on any atom is -0.444 e. The number of hydrogen-bond acceptors (Lipinski definition) is 7. The van der Waals surface area contributed by atoms with Gasteiger partial charge in [0, 0.05) is 24.2 Å². The molecule has 2 amide bonds. The minimum absolute atomic E-state index is 0.131. The Hall–Kier alpha value is -3.12. The van der Waals surface area contributed by atoms with Gasteiger partial charge in [0.15, 0.2) is 5.69 Å². The molecule has 13 heteroatoms. The standard InChI is InChI=1S/C21H31F3N6O4/c1-5-6-7-13(17(31)18(32)27-16-8-10-25-28-16)26-19(33)34-15(20(2,3)4)12-30-11-9-14(29-30)21(22,23)24/h9-11,13,15-16,28H,5-8,12H2,1-4H3,(H,26,33)(H,27,32)/t13-,15+,16?/m0/s1. The van der Waals surface area contributed by atoms with E-state index < -0.39 is 53.4 Å². The van der Waals surface area contributed by atoms with Crippen molar-refractivity contribution in [2.45, 2.75) is 84.4 Å². The van der Waals surface area contributed by atoms with Crippen LogP contribution in [0.3, 0.4) is 0 Å². The number of nitrogens with one attached hydrogen (secondary N) is 3. The number of hydrazone groups is 1. The summed E-state index contributed by atoms with van der Waals surface area (Å²) in [6.07, 6.45) is -2.26. The molecule has 1 aromatic heterocycles. The first-order valence-electron chi connectivity index (χ1n) is 11.0. The van der Waals surface area contributed by atoms with E-state index in [1.54, 1.807) is 27.0 Å². The van der Waals surface area contributed by atoms with Crippen molar-refractivity contribution in [2.24, 2.45) is 10.5 Å². The molecular weight excluding hydrogens is 457 g/mol. The van der Waals surface area contributed by atoms with Crippen LogP contribution in [-0.4, -0.2) is 52.1 Å². The highest BCUT2D eigenvalue weighted by atomic mass is 19.4. The van der Waals surface area contributed by atoms with Gasteiger partial charge in [-0.2, -0.15) is 23.4 Å². The molecule has 0 bridgehead atoms. The molecule has 0 fully saturated rings. The molecule has 10 nitrogen and oxygen atoms in total. The quantitative estimate of drug-likeness (QED) is 0.435. The molecule has 0 saturated heterocycles. The van der Waals surface area contributed by atoms with Crippen molar-refractivity contribution < 1.29 is 32.3 Å². The van der Waals surface area contributed by atoms with Crippen molar-refractivity contribution in [1.82, 2.24) is 25.8 Å². The Morgan fingerprint density at radius 1 is 1.29 bits per heavy atom. The fourth-order valence-corrected chi connectivity index (χ4v) is 3.09. The topological polar surface area (TPSA) is 127 Å². The summed E-state index contributed by atoms with van der Waals surface area (Å²) in [5.74, 6) is -1.69. The second kappa shape index (κ2) is 11.3. The number of Topliss-reactive ketones (excluding diaryl/α,β-unsaturated/α-hetero) is 1. The number of aromatic nitrogens is 2. The molecule has 1 unspecified atom stereocenters. The van der Waals surface area contributed by atoms with E-state index in [1.165, 1.54) is 0 Å². The summed E-state index contributed by atoms with van der Waals surface area (Å²) in [6, 6.07) is -0.279. The van der Waals surface area contributed by atoms with Crippen LogP contribution in [0.2, 0.25) is 0 Å². The molecule has 0 aromatic carbocycles. The summed E-state index contributed by atoms with van der Waals surface area (Å²) < 4.78 is 45.1. The number of ketones is 1. The van der Waals surface area contributed by atoms with Crippen LogP contribution in [0.4, 0.5) is 18.0 Å². The third-order valence-electron chi connectivity index (χ3n) is 5.15. The highest BCUT2D eigenvalue weighted by Gasteiger charge is 2.36. The summed E-state index contributed by atoms with van der Waals surface area (Å²) in [5.41, 5.74) is 0.927. The number of carbonyl (C=O) groups excluding carboxylic acids is 3. The number of halogens is 3. The Balaban J connectivity index is 2.05. The van der Waals surface area contributed by atoms with Gasteiger partial charge in [0.2, 0.25) is 5.78 Å². The Morgan fingerprint density at radius 2 is 2.00 bits per heavy atom. The van der Waals surface area contributed by atoms with Crippen LogP contribution in [0.15, 0.2) is 17.4 Å². The number of ether oxygens (including phenoxy) is 1. The maximum absolute atomic E-state index is 12.9. The molecule has 1 aliphatic rings. The van der Waals surface area contributed by atoms with Crippen LogP contribution in [0.5, 0.6) is 0 Å². The molecule has 0 spiro atoms. The number of nitrogens with zero attached hydrogens (tertiary/aromatic N) is 3. The smallest absolute Gasteiger partial charge is 0.435 e. The number of unbranched alkanes of at least 4 members (excludes halogenated alkanes) is 1. The number of carbonyl (C=O) groups is 3. The fraction of sp³-hybridized carbons (Fsp3) is 0.667. The maximum atomic E-state index is 12.9. The largest absolute Gasteiger partial charge is 0.444 e. The SMILES string of the molecule is CCCC[C@H](NC(=O)O[C@H](Cn1ccc(C(F)(F)F)n1)C(C)(C)C)C(=O)C(=O)NC1CC=NN1. The monoisotopic (exact) mass is 488 g/mol. The number of amides is 2. The second-order valence-corrected chi connectivity index (χ2v) is 9.09. The Morgan fingerprint density at radius 3 is 2.53 bits per heavy atom. The molecule has 0 aliphatic carbocycles. The van der Waals surface area contributed by atoms with Crippen molar-refractivity contribution in [2.75, 3.05) is 0 Å². The van der Waals surface area contributed by atoms with Crippen molar-refractivity contribution in [1.29, 1.82) is 0 Å². The van der Waals surface area contributed by atoms with Gasteiger partial charge in [-0.1, -0.05) is 40.5 Å². The van der Waals surface area contributed by atoms with E-state index in [0.29, 0.717) is 12.8 Å². The highest BCUT2D eigenvalue weighted by Crippen LogP contribution is 2.28. The fourth-order valence-electron chi connectivity index (χ4n) is 3.09. The molecule has 0 radical (unpaired) electrons. The number of rotatable bonds is 10. The van der Waals surface area contributed by atoms with E-state index in [-0.39, 0.29) is 13.0 Å². The van der Waals surface area contributed by atoms with Gasteiger partial charge in [-0.25, -0.2) is 4.79 Å². The highest BCUT2D eigenvalue weighted by molar-refractivity contribution is 6.38. The van der Waals surface area contributed by atoms with E-state index in [9.17, 15) is 27.6 Å². The lowest BCUT2D eigenvalue weighted by molar-refractivity contribution is -0.141. The van der Waals surface area contributed by atoms with Crippen LogP contribution in [0.25, 0.3) is 0 Å². The zero-order chi connectivity index (χ0) is 25.5. The summed E-state index contributed by atoms with van der Waals surface area (Å²) >= 11 is 0. The summed E-state index contributed by atoms with van der Waals surface area (Å²) in [6.45, 7) is 7.03. The number of hydrogen-bond donors (Lipinski definition) is 3. The molecule has 3 N–H and O–H groups in total. The van der Waals surface area contributed by atoms with E-state index >= 15 is 0 Å². The summed E-state index contributed by atoms with van der Waals surface area (Å²) in [7, 11) is 0. The first kappa shape index (κ1) is 27.1. The summed E-state index contributed by atoms with van der Waals surface area (Å²) in [5, 5.41) is 12.2. The Labute approximate surface area is 195 Å². The van der Waals surface area contributed by atoms with E-state index in [2.05, 4.69) is 26.3 Å². The van der Waals surface area contributed by atoms with Crippen LogP contribution >= 0.6 is 0 Å². The molecule has 0 saturated carbocycles.